The lowest BCUT2D eigenvalue weighted by atomic mass is 10.0. The number of fused-ring (bicyclic) bond motifs is 1. The van der Waals surface area contributed by atoms with Crippen LogP contribution in [-0.2, 0) is 13.1 Å². The van der Waals surface area contributed by atoms with Crippen molar-refractivity contribution in [2.75, 3.05) is 11.9 Å². The number of carbonyl (C=O) groups excluding carboxylic acids is 2. The highest BCUT2D eigenvalue weighted by molar-refractivity contribution is 6.42. The van der Waals surface area contributed by atoms with Crippen LogP contribution in [0.1, 0.15) is 27.2 Å². The summed E-state index contributed by atoms with van der Waals surface area (Å²) in [5, 5.41) is 17.4. The Balaban J connectivity index is 1.79. The Morgan fingerprint density at radius 1 is 1.16 bits per heavy atom. The van der Waals surface area contributed by atoms with E-state index in [-0.39, 0.29) is 6.54 Å². The van der Waals surface area contributed by atoms with Crippen molar-refractivity contribution in [3.63, 3.8) is 0 Å². The Morgan fingerprint density at radius 3 is 2.59 bits per heavy atom. The average Bonchev–Trinajstić information content (AvgIpc) is 3.14. The first-order valence-electron chi connectivity index (χ1n) is 9.70. The van der Waals surface area contributed by atoms with Gasteiger partial charge in [-0.1, -0.05) is 29.3 Å². The van der Waals surface area contributed by atoms with Gasteiger partial charge in [0.15, 0.2) is 0 Å². The largest absolute Gasteiger partial charge is 0.351 e. The molecule has 3 aromatic rings. The highest BCUT2D eigenvalue weighted by atomic mass is 35.5. The highest BCUT2D eigenvalue weighted by Gasteiger charge is 2.30. The third kappa shape index (κ3) is 4.00. The maximum Gasteiger partial charge on any atom is 0.315 e. The number of urea groups is 1. The molecule has 8 nitrogen and oxygen atoms in total. The lowest BCUT2D eigenvalue weighted by Crippen LogP contribution is -2.42. The molecule has 0 saturated carbocycles. The molecule has 3 N–H and O–H groups in total. The molecule has 2 heterocycles. The number of anilines is 1. The quantitative estimate of drug-likeness (QED) is 0.598. The number of rotatable bonds is 3. The SMILES string of the molecule is Cc1cc(NC(=O)c2c(-c3ccc(Cl)c(Cl)c3)nn3c2CN(C(N)=O)CC3)ccc1C#N. The number of nitriles is 1. The van der Waals surface area contributed by atoms with Crippen LogP contribution >= 0.6 is 23.2 Å². The first kappa shape index (κ1) is 21.7. The van der Waals surface area contributed by atoms with Crippen LogP contribution in [0.2, 0.25) is 10.0 Å². The third-order valence-electron chi connectivity index (χ3n) is 5.32. The molecule has 0 fully saturated rings. The van der Waals surface area contributed by atoms with E-state index < -0.39 is 11.9 Å². The zero-order valence-corrected chi connectivity index (χ0v) is 18.5. The number of carbonyl (C=O) groups is 2. The summed E-state index contributed by atoms with van der Waals surface area (Å²) in [5.41, 5.74) is 9.20. The van der Waals surface area contributed by atoms with E-state index in [0.717, 1.165) is 5.56 Å². The van der Waals surface area contributed by atoms with Gasteiger partial charge in [0.1, 0.15) is 5.69 Å². The van der Waals surface area contributed by atoms with Crippen molar-refractivity contribution in [2.45, 2.75) is 20.0 Å². The summed E-state index contributed by atoms with van der Waals surface area (Å²) in [6, 6.07) is 11.6. The van der Waals surface area contributed by atoms with E-state index in [9.17, 15) is 9.59 Å². The Kier molecular flexibility index (Phi) is 5.78. The van der Waals surface area contributed by atoms with E-state index in [1.54, 1.807) is 48.0 Å². The number of aromatic nitrogens is 2. The monoisotopic (exact) mass is 468 g/mol. The molecule has 0 aliphatic carbocycles. The first-order chi connectivity index (χ1) is 15.3. The molecule has 2 aromatic carbocycles. The molecule has 10 heteroatoms. The second-order valence-corrected chi connectivity index (χ2v) is 8.19. The van der Waals surface area contributed by atoms with Crippen LogP contribution in [0.4, 0.5) is 10.5 Å². The normalized spacial score (nSPS) is 12.8. The van der Waals surface area contributed by atoms with E-state index in [2.05, 4.69) is 16.5 Å². The zero-order valence-electron chi connectivity index (χ0n) is 17.0. The lowest BCUT2D eigenvalue weighted by Gasteiger charge is -2.26. The van der Waals surface area contributed by atoms with Gasteiger partial charge in [0.25, 0.3) is 5.91 Å². The topological polar surface area (TPSA) is 117 Å². The minimum Gasteiger partial charge on any atom is -0.351 e. The maximum atomic E-state index is 13.4. The molecule has 0 bridgehead atoms. The first-order valence-corrected chi connectivity index (χ1v) is 10.5. The molecule has 0 saturated heterocycles. The summed E-state index contributed by atoms with van der Waals surface area (Å²) in [6.07, 6.45) is 0. The summed E-state index contributed by atoms with van der Waals surface area (Å²) < 4.78 is 1.70. The summed E-state index contributed by atoms with van der Waals surface area (Å²) in [6.45, 7) is 2.73. The lowest BCUT2D eigenvalue weighted by molar-refractivity contribution is 0.102. The molecule has 0 radical (unpaired) electrons. The number of amides is 3. The van der Waals surface area contributed by atoms with Gasteiger partial charge in [0.2, 0.25) is 0 Å². The number of nitrogens with zero attached hydrogens (tertiary/aromatic N) is 4. The fourth-order valence-electron chi connectivity index (χ4n) is 3.65. The van der Waals surface area contributed by atoms with Crippen molar-refractivity contribution in [1.82, 2.24) is 14.7 Å². The molecule has 1 aliphatic heterocycles. The number of primary amides is 1. The molecule has 4 rings (SSSR count). The van der Waals surface area contributed by atoms with Crippen LogP contribution in [0.5, 0.6) is 0 Å². The van der Waals surface area contributed by atoms with Crippen molar-refractivity contribution in [3.8, 4) is 17.3 Å². The third-order valence-corrected chi connectivity index (χ3v) is 6.06. The number of hydrogen-bond donors (Lipinski definition) is 2. The van der Waals surface area contributed by atoms with E-state index in [1.807, 2.05) is 0 Å². The summed E-state index contributed by atoms with van der Waals surface area (Å²) in [4.78, 5) is 26.6. The van der Waals surface area contributed by atoms with Crippen molar-refractivity contribution in [3.05, 3.63) is 68.8 Å². The van der Waals surface area contributed by atoms with Crippen molar-refractivity contribution >= 4 is 40.8 Å². The molecule has 3 amide bonds. The molecule has 1 aromatic heterocycles. The van der Waals surface area contributed by atoms with Crippen LogP contribution in [0.3, 0.4) is 0 Å². The highest BCUT2D eigenvalue weighted by Crippen LogP contribution is 2.33. The fourth-order valence-corrected chi connectivity index (χ4v) is 3.95. The number of nitrogens with one attached hydrogen (secondary N) is 1. The Hall–Kier alpha value is -3.54. The Labute approximate surface area is 194 Å². The van der Waals surface area contributed by atoms with Gasteiger partial charge in [-0.15, -0.1) is 0 Å². The van der Waals surface area contributed by atoms with Crippen molar-refractivity contribution < 1.29 is 9.59 Å². The smallest absolute Gasteiger partial charge is 0.315 e. The minimum absolute atomic E-state index is 0.152. The molecular weight excluding hydrogens is 451 g/mol. The maximum absolute atomic E-state index is 13.4. The summed E-state index contributed by atoms with van der Waals surface area (Å²) in [5.74, 6) is -0.400. The number of aryl methyl sites for hydroxylation is 1. The standard InChI is InChI=1S/C22H18Cl2N6O2/c1-12-8-15(4-2-14(12)10-25)27-21(31)19-18-11-29(22(26)32)6-7-30(18)28-20(19)13-3-5-16(23)17(24)9-13/h2-5,8-9H,6-7,11H2,1H3,(H2,26,32)(H,27,31). The zero-order chi connectivity index (χ0) is 23.0. The average molecular weight is 469 g/mol. The molecule has 0 spiro atoms. The van der Waals surface area contributed by atoms with E-state index in [1.165, 1.54) is 4.90 Å². The van der Waals surface area contributed by atoms with Crippen molar-refractivity contribution in [2.24, 2.45) is 5.73 Å². The molecule has 32 heavy (non-hydrogen) atoms. The Morgan fingerprint density at radius 2 is 1.94 bits per heavy atom. The van der Waals surface area contributed by atoms with Gasteiger partial charge in [-0.3, -0.25) is 9.48 Å². The van der Waals surface area contributed by atoms with Crippen LogP contribution in [0.25, 0.3) is 11.3 Å². The van der Waals surface area contributed by atoms with Gasteiger partial charge >= 0.3 is 6.03 Å². The Bertz CT molecular complexity index is 1290. The minimum atomic E-state index is -0.567. The molecular formula is C22H18Cl2N6O2. The molecule has 1 aliphatic rings. The van der Waals surface area contributed by atoms with E-state index in [0.29, 0.717) is 56.9 Å². The predicted molar refractivity (Wildman–Crippen MR) is 122 cm³/mol. The molecule has 162 valence electrons. The van der Waals surface area contributed by atoms with Gasteiger partial charge in [-0.25, -0.2) is 4.79 Å². The van der Waals surface area contributed by atoms with Gasteiger partial charge in [-0.05, 0) is 42.8 Å². The van der Waals surface area contributed by atoms with Crippen LogP contribution < -0.4 is 11.1 Å². The second kappa shape index (κ2) is 8.54. The predicted octanol–water partition coefficient (Wildman–Crippen LogP) is 4.18. The number of nitrogens with two attached hydrogens (primary N) is 1. The number of halogens is 2. The summed E-state index contributed by atoms with van der Waals surface area (Å²) in [7, 11) is 0. The molecule has 0 atom stereocenters. The van der Waals surface area contributed by atoms with Crippen LogP contribution in [0.15, 0.2) is 36.4 Å². The van der Waals surface area contributed by atoms with Gasteiger partial charge in [-0.2, -0.15) is 10.4 Å². The van der Waals surface area contributed by atoms with Crippen molar-refractivity contribution in [1.29, 1.82) is 5.26 Å². The van der Waals surface area contributed by atoms with Gasteiger partial charge in [0, 0.05) is 17.8 Å². The van der Waals surface area contributed by atoms with Gasteiger partial charge < -0.3 is 16.0 Å². The van der Waals surface area contributed by atoms with Crippen LogP contribution in [-0.4, -0.2) is 33.2 Å². The number of benzene rings is 2. The fraction of sp³-hybridized carbons (Fsp3) is 0.182. The summed E-state index contributed by atoms with van der Waals surface area (Å²) >= 11 is 12.3. The van der Waals surface area contributed by atoms with Crippen LogP contribution in [0, 0.1) is 18.3 Å². The molecule has 0 unspecified atom stereocenters. The second-order valence-electron chi connectivity index (χ2n) is 7.38. The van der Waals surface area contributed by atoms with E-state index in [4.69, 9.17) is 34.2 Å². The van der Waals surface area contributed by atoms with Gasteiger partial charge in [0.05, 0.1) is 46.0 Å². The van der Waals surface area contributed by atoms with E-state index >= 15 is 0 Å². The number of hydrogen-bond acceptors (Lipinski definition) is 4.